The number of fused-ring (bicyclic) bond motifs is 1. The van der Waals surface area contributed by atoms with E-state index in [1.54, 1.807) is 13.3 Å². The summed E-state index contributed by atoms with van der Waals surface area (Å²) in [6.45, 7) is 3.33. The molecule has 94 valence electrons. The number of aromatic nitrogens is 2. The van der Waals surface area contributed by atoms with Gasteiger partial charge in [-0.25, -0.2) is 9.97 Å². The minimum atomic E-state index is 0.0792. The Balaban J connectivity index is 2.06. The summed E-state index contributed by atoms with van der Waals surface area (Å²) in [7, 11) is 1.60. The monoisotopic (exact) mass is 243 g/mol. The minimum absolute atomic E-state index is 0.0792. The quantitative estimate of drug-likeness (QED) is 0.878. The second kappa shape index (κ2) is 4.21. The van der Waals surface area contributed by atoms with Gasteiger partial charge in [0.2, 0.25) is 5.88 Å². The summed E-state index contributed by atoms with van der Waals surface area (Å²) in [5, 5.41) is 3.56. The zero-order valence-electron chi connectivity index (χ0n) is 10.7. The van der Waals surface area contributed by atoms with Gasteiger partial charge in [0.05, 0.1) is 24.3 Å². The van der Waals surface area contributed by atoms with Gasteiger partial charge in [-0.2, -0.15) is 0 Å². The van der Waals surface area contributed by atoms with Crippen molar-refractivity contribution in [3.63, 3.8) is 0 Å². The number of hydrogen-bond acceptors (Lipinski definition) is 4. The Kier molecular flexibility index (Phi) is 2.67. The molecule has 1 aliphatic heterocycles. The molecule has 1 saturated heterocycles. The van der Waals surface area contributed by atoms with Gasteiger partial charge in [0.1, 0.15) is 0 Å². The number of nitrogens with zero attached hydrogens (tertiary/aromatic N) is 2. The molecule has 1 fully saturated rings. The summed E-state index contributed by atoms with van der Waals surface area (Å²) in [5.41, 5.74) is 3.16. The van der Waals surface area contributed by atoms with E-state index in [-0.39, 0.29) is 5.54 Å². The molecular formula is C14H17N3O. The first-order valence-electron chi connectivity index (χ1n) is 6.28. The van der Waals surface area contributed by atoms with Crippen LogP contribution in [0.3, 0.4) is 0 Å². The van der Waals surface area contributed by atoms with Crippen LogP contribution in [0.25, 0.3) is 11.0 Å². The van der Waals surface area contributed by atoms with Gasteiger partial charge in [-0.05, 0) is 44.0 Å². The SMILES string of the molecule is COc1cnc2cc(C3(C)CCCN3)ccc2n1. The van der Waals surface area contributed by atoms with Crippen molar-refractivity contribution in [3.05, 3.63) is 30.0 Å². The Labute approximate surface area is 106 Å². The van der Waals surface area contributed by atoms with E-state index in [1.807, 2.05) is 6.07 Å². The molecule has 1 unspecified atom stereocenters. The van der Waals surface area contributed by atoms with Gasteiger partial charge in [-0.3, -0.25) is 0 Å². The van der Waals surface area contributed by atoms with Crippen LogP contribution in [0.4, 0.5) is 0 Å². The van der Waals surface area contributed by atoms with Crippen molar-refractivity contribution in [1.29, 1.82) is 0 Å². The largest absolute Gasteiger partial charge is 0.480 e. The van der Waals surface area contributed by atoms with Crippen LogP contribution < -0.4 is 10.1 Å². The van der Waals surface area contributed by atoms with E-state index in [9.17, 15) is 0 Å². The van der Waals surface area contributed by atoms with Crippen LogP contribution in [-0.4, -0.2) is 23.6 Å². The minimum Gasteiger partial charge on any atom is -0.480 e. The maximum Gasteiger partial charge on any atom is 0.232 e. The average Bonchev–Trinajstić information content (AvgIpc) is 2.85. The molecule has 0 amide bonds. The highest BCUT2D eigenvalue weighted by molar-refractivity contribution is 5.75. The van der Waals surface area contributed by atoms with Gasteiger partial charge in [0.25, 0.3) is 0 Å². The molecule has 3 rings (SSSR count). The first-order chi connectivity index (χ1) is 8.71. The van der Waals surface area contributed by atoms with Crippen LogP contribution in [0.1, 0.15) is 25.3 Å². The first kappa shape index (κ1) is 11.4. The molecule has 0 saturated carbocycles. The summed E-state index contributed by atoms with van der Waals surface area (Å²) in [5.74, 6) is 0.556. The van der Waals surface area contributed by atoms with Crippen molar-refractivity contribution in [1.82, 2.24) is 15.3 Å². The van der Waals surface area contributed by atoms with E-state index in [2.05, 4.69) is 34.3 Å². The fraction of sp³-hybridized carbons (Fsp3) is 0.429. The molecule has 0 bridgehead atoms. The molecule has 0 spiro atoms. The van der Waals surface area contributed by atoms with Gasteiger partial charge < -0.3 is 10.1 Å². The first-order valence-corrected chi connectivity index (χ1v) is 6.28. The van der Waals surface area contributed by atoms with E-state index >= 15 is 0 Å². The van der Waals surface area contributed by atoms with Crippen molar-refractivity contribution in [3.8, 4) is 5.88 Å². The molecule has 1 N–H and O–H groups in total. The Hall–Kier alpha value is -1.68. The third kappa shape index (κ3) is 1.82. The molecule has 1 aliphatic rings. The maximum absolute atomic E-state index is 5.09. The van der Waals surface area contributed by atoms with E-state index < -0.39 is 0 Å². The lowest BCUT2D eigenvalue weighted by Crippen LogP contribution is -2.33. The van der Waals surface area contributed by atoms with E-state index in [4.69, 9.17) is 4.74 Å². The molecule has 4 heteroatoms. The molecule has 2 aromatic rings. The zero-order chi connectivity index (χ0) is 12.6. The number of rotatable bonds is 2. The predicted molar refractivity (Wildman–Crippen MR) is 70.7 cm³/mol. The summed E-state index contributed by atoms with van der Waals surface area (Å²) in [6, 6.07) is 6.28. The van der Waals surface area contributed by atoms with Gasteiger partial charge in [0, 0.05) is 5.54 Å². The highest BCUT2D eigenvalue weighted by Gasteiger charge is 2.30. The van der Waals surface area contributed by atoms with Crippen LogP contribution in [-0.2, 0) is 5.54 Å². The third-order valence-electron chi connectivity index (χ3n) is 3.74. The number of methoxy groups -OCH3 is 1. The number of ether oxygens (including phenoxy) is 1. The Bertz CT molecular complexity index is 576. The van der Waals surface area contributed by atoms with Crippen LogP contribution in [0.15, 0.2) is 24.4 Å². The highest BCUT2D eigenvalue weighted by atomic mass is 16.5. The second-order valence-corrected chi connectivity index (χ2v) is 4.98. The number of nitrogens with one attached hydrogen (secondary N) is 1. The van der Waals surface area contributed by atoms with Gasteiger partial charge in [-0.1, -0.05) is 6.07 Å². The fourth-order valence-electron chi connectivity index (χ4n) is 2.58. The van der Waals surface area contributed by atoms with Crippen LogP contribution in [0.2, 0.25) is 0 Å². The standard InChI is InChI=1S/C14H17N3O/c1-14(6-3-7-16-14)10-4-5-11-12(8-10)15-9-13(17-11)18-2/h4-5,8-9,16H,3,6-7H2,1-2H3. The summed E-state index contributed by atoms with van der Waals surface area (Å²) in [4.78, 5) is 8.78. The second-order valence-electron chi connectivity index (χ2n) is 4.98. The third-order valence-corrected chi connectivity index (χ3v) is 3.74. The van der Waals surface area contributed by atoms with Crippen LogP contribution in [0.5, 0.6) is 5.88 Å². The smallest absolute Gasteiger partial charge is 0.232 e. The molecule has 1 aromatic carbocycles. The normalized spacial score (nSPS) is 23.4. The molecule has 18 heavy (non-hydrogen) atoms. The average molecular weight is 243 g/mol. The van der Waals surface area contributed by atoms with Crippen molar-refractivity contribution in [2.24, 2.45) is 0 Å². The number of benzene rings is 1. The lowest BCUT2D eigenvalue weighted by molar-refractivity contribution is 0.397. The van der Waals surface area contributed by atoms with E-state index in [1.165, 1.54) is 18.4 Å². The Morgan fingerprint density at radius 3 is 2.94 bits per heavy atom. The summed E-state index contributed by atoms with van der Waals surface area (Å²) < 4.78 is 5.09. The lowest BCUT2D eigenvalue weighted by Gasteiger charge is -2.25. The van der Waals surface area contributed by atoms with Crippen molar-refractivity contribution >= 4 is 11.0 Å². The number of hydrogen-bond donors (Lipinski definition) is 1. The highest BCUT2D eigenvalue weighted by Crippen LogP contribution is 2.31. The fourth-order valence-corrected chi connectivity index (χ4v) is 2.58. The van der Waals surface area contributed by atoms with Gasteiger partial charge >= 0.3 is 0 Å². The van der Waals surface area contributed by atoms with E-state index in [0.717, 1.165) is 17.6 Å². The molecule has 1 atom stereocenters. The van der Waals surface area contributed by atoms with Gasteiger partial charge in [-0.15, -0.1) is 0 Å². The maximum atomic E-state index is 5.09. The van der Waals surface area contributed by atoms with Crippen molar-refractivity contribution in [2.75, 3.05) is 13.7 Å². The van der Waals surface area contributed by atoms with Gasteiger partial charge in [0.15, 0.2) is 0 Å². The Morgan fingerprint density at radius 1 is 1.33 bits per heavy atom. The topological polar surface area (TPSA) is 47.0 Å². The summed E-state index contributed by atoms with van der Waals surface area (Å²) >= 11 is 0. The molecule has 4 nitrogen and oxygen atoms in total. The van der Waals surface area contributed by atoms with Crippen LogP contribution in [0, 0.1) is 0 Å². The van der Waals surface area contributed by atoms with Crippen molar-refractivity contribution in [2.45, 2.75) is 25.3 Å². The van der Waals surface area contributed by atoms with Crippen molar-refractivity contribution < 1.29 is 4.74 Å². The predicted octanol–water partition coefficient (Wildman–Crippen LogP) is 2.24. The lowest BCUT2D eigenvalue weighted by atomic mass is 9.90. The molecule has 1 aromatic heterocycles. The molecule has 0 radical (unpaired) electrons. The zero-order valence-corrected chi connectivity index (χ0v) is 10.7. The molecule has 2 heterocycles. The van der Waals surface area contributed by atoms with Crippen LogP contribution >= 0.6 is 0 Å². The Morgan fingerprint density at radius 2 is 2.22 bits per heavy atom. The van der Waals surface area contributed by atoms with E-state index in [0.29, 0.717) is 5.88 Å². The molecular weight excluding hydrogens is 226 g/mol. The molecule has 0 aliphatic carbocycles. The summed E-state index contributed by atoms with van der Waals surface area (Å²) in [6.07, 6.45) is 4.06.